The highest BCUT2D eigenvalue weighted by atomic mass is 16.4. The zero-order valence-electron chi connectivity index (χ0n) is 11.2. The summed E-state index contributed by atoms with van der Waals surface area (Å²) in [5, 5.41) is 22.8. The third-order valence-corrected chi connectivity index (χ3v) is 4.15. The maximum absolute atomic E-state index is 11.5. The van der Waals surface area contributed by atoms with Crippen LogP contribution in [0.3, 0.4) is 0 Å². The van der Waals surface area contributed by atoms with Gasteiger partial charge in [-0.05, 0) is 33.1 Å². The van der Waals surface area contributed by atoms with E-state index < -0.39 is 23.3 Å². The number of rotatable bonds is 5. The third-order valence-electron chi connectivity index (χ3n) is 4.15. The molecule has 0 amide bonds. The standard InChI is InChI=1S/C14H22O4/c1-4-5-6-14(13(17)18)8-10(3)9(2)7-11(14)12(15)16/h11H,4-8H2,1-3H3,(H,15,16)(H,17,18)/p-2/t11-,14-/m1/s1. The lowest BCUT2D eigenvalue weighted by Gasteiger charge is -2.46. The number of allylic oxidation sites excluding steroid dienone is 2. The molecule has 0 aromatic heterocycles. The monoisotopic (exact) mass is 252 g/mol. The number of carboxylic acids is 2. The summed E-state index contributed by atoms with van der Waals surface area (Å²) >= 11 is 0. The Hall–Kier alpha value is -1.32. The van der Waals surface area contributed by atoms with Gasteiger partial charge in [0, 0.05) is 23.3 Å². The van der Waals surface area contributed by atoms with E-state index in [1.54, 1.807) is 0 Å². The average Bonchev–Trinajstić information content (AvgIpc) is 2.29. The summed E-state index contributed by atoms with van der Waals surface area (Å²) in [5.74, 6) is -3.50. The van der Waals surface area contributed by atoms with Crippen molar-refractivity contribution in [2.24, 2.45) is 11.3 Å². The highest BCUT2D eigenvalue weighted by Gasteiger charge is 2.43. The van der Waals surface area contributed by atoms with E-state index in [2.05, 4.69) is 0 Å². The molecule has 0 radical (unpaired) electrons. The molecule has 1 rings (SSSR count). The number of carboxylic acid groups (broad SMARTS) is 2. The molecule has 0 saturated heterocycles. The van der Waals surface area contributed by atoms with Crippen molar-refractivity contribution >= 4 is 11.9 Å². The van der Waals surface area contributed by atoms with Gasteiger partial charge in [-0.15, -0.1) is 0 Å². The van der Waals surface area contributed by atoms with Gasteiger partial charge in [0.1, 0.15) is 0 Å². The minimum absolute atomic E-state index is 0.256. The van der Waals surface area contributed by atoms with E-state index in [0.29, 0.717) is 12.8 Å². The van der Waals surface area contributed by atoms with Gasteiger partial charge in [-0.3, -0.25) is 0 Å². The molecule has 0 N–H and O–H groups in total. The average molecular weight is 252 g/mol. The maximum atomic E-state index is 11.5. The van der Waals surface area contributed by atoms with Gasteiger partial charge >= 0.3 is 0 Å². The number of hydrogen-bond acceptors (Lipinski definition) is 4. The van der Waals surface area contributed by atoms with Crippen LogP contribution in [0, 0.1) is 11.3 Å². The highest BCUT2D eigenvalue weighted by molar-refractivity contribution is 5.82. The Morgan fingerprint density at radius 3 is 2.33 bits per heavy atom. The fourth-order valence-corrected chi connectivity index (χ4v) is 2.80. The summed E-state index contributed by atoms with van der Waals surface area (Å²) < 4.78 is 0. The molecule has 0 saturated carbocycles. The molecule has 0 aromatic carbocycles. The maximum Gasteiger partial charge on any atom is 0.0486 e. The van der Waals surface area contributed by atoms with E-state index in [1.165, 1.54) is 0 Å². The van der Waals surface area contributed by atoms with Crippen molar-refractivity contribution in [1.29, 1.82) is 0 Å². The normalized spacial score (nSPS) is 28.3. The minimum atomic E-state index is -1.29. The highest BCUT2D eigenvalue weighted by Crippen LogP contribution is 2.46. The first-order valence-electron chi connectivity index (χ1n) is 6.42. The van der Waals surface area contributed by atoms with Gasteiger partial charge in [0.2, 0.25) is 0 Å². The van der Waals surface area contributed by atoms with E-state index in [0.717, 1.165) is 17.6 Å². The van der Waals surface area contributed by atoms with Crippen molar-refractivity contribution in [1.82, 2.24) is 0 Å². The summed E-state index contributed by atoms with van der Waals surface area (Å²) in [6, 6.07) is 0. The van der Waals surface area contributed by atoms with E-state index in [9.17, 15) is 19.8 Å². The molecular weight excluding hydrogens is 232 g/mol. The topological polar surface area (TPSA) is 80.3 Å². The van der Waals surface area contributed by atoms with Gasteiger partial charge < -0.3 is 19.8 Å². The Morgan fingerprint density at radius 1 is 1.28 bits per heavy atom. The molecule has 4 heteroatoms. The van der Waals surface area contributed by atoms with Crippen LogP contribution in [-0.2, 0) is 9.59 Å². The van der Waals surface area contributed by atoms with E-state index in [4.69, 9.17) is 0 Å². The van der Waals surface area contributed by atoms with Gasteiger partial charge in [0.25, 0.3) is 0 Å². The molecule has 1 aliphatic rings. The molecule has 0 spiro atoms. The molecule has 0 fully saturated rings. The first kappa shape index (κ1) is 14.7. The first-order chi connectivity index (χ1) is 8.35. The fraction of sp³-hybridized carbons (Fsp3) is 0.714. The summed E-state index contributed by atoms with van der Waals surface area (Å²) in [6.45, 7) is 5.67. The van der Waals surface area contributed by atoms with Crippen LogP contribution >= 0.6 is 0 Å². The summed E-state index contributed by atoms with van der Waals surface area (Å²) in [7, 11) is 0. The Kier molecular flexibility index (Phi) is 4.54. The van der Waals surface area contributed by atoms with E-state index >= 15 is 0 Å². The lowest BCUT2D eigenvalue weighted by molar-refractivity contribution is -0.336. The van der Waals surface area contributed by atoms with Crippen molar-refractivity contribution in [3.05, 3.63) is 11.1 Å². The van der Waals surface area contributed by atoms with Gasteiger partial charge in [-0.25, -0.2) is 0 Å². The minimum Gasteiger partial charge on any atom is -0.550 e. The van der Waals surface area contributed by atoms with Gasteiger partial charge in [-0.1, -0.05) is 30.9 Å². The van der Waals surface area contributed by atoms with Crippen LogP contribution in [0.4, 0.5) is 0 Å². The molecule has 0 aromatic rings. The van der Waals surface area contributed by atoms with E-state index in [-0.39, 0.29) is 12.8 Å². The quantitative estimate of drug-likeness (QED) is 0.664. The van der Waals surface area contributed by atoms with E-state index in [1.807, 2.05) is 20.8 Å². The molecule has 1 aliphatic carbocycles. The Bertz CT molecular complexity index is 383. The zero-order chi connectivity index (χ0) is 13.9. The third kappa shape index (κ3) is 2.57. The molecule has 0 aliphatic heterocycles. The second-order valence-electron chi connectivity index (χ2n) is 5.36. The summed E-state index contributed by atoms with van der Waals surface area (Å²) in [4.78, 5) is 22.8. The summed E-state index contributed by atoms with van der Waals surface area (Å²) in [6.07, 6.45) is 2.38. The Labute approximate surface area is 108 Å². The number of aliphatic carboxylic acids is 2. The van der Waals surface area contributed by atoms with Gasteiger partial charge in [0.15, 0.2) is 0 Å². The van der Waals surface area contributed by atoms with Crippen molar-refractivity contribution < 1.29 is 19.8 Å². The van der Waals surface area contributed by atoms with Crippen LogP contribution in [0.1, 0.15) is 52.9 Å². The van der Waals surface area contributed by atoms with Crippen LogP contribution in [-0.4, -0.2) is 11.9 Å². The van der Waals surface area contributed by atoms with Crippen molar-refractivity contribution in [3.63, 3.8) is 0 Å². The largest absolute Gasteiger partial charge is 0.550 e. The lowest BCUT2D eigenvalue weighted by Crippen LogP contribution is -2.54. The predicted molar refractivity (Wildman–Crippen MR) is 63.1 cm³/mol. The smallest absolute Gasteiger partial charge is 0.0486 e. The number of unbranched alkanes of at least 4 members (excludes halogenated alkanes) is 1. The molecule has 2 atom stereocenters. The van der Waals surface area contributed by atoms with Crippen LogP contribution in [0.2, 0.25) is 0 Å². The fourth-order valence-electron chi connectivity index (χ4n) is 2.80. The zero-order valence-corrected chi connectivity index (χ0v) is 11.2. The molecule has 0 heterocycles. The van der Waals surface area contributed by atoms with Crippen molar-refractivity contribution in [3.8, 4) is 0 Å². The first-order valence-corrected chi connectivity index (χ1v) is 6.42. The molecular formula is C14H20O4-2. The van der Waals surface area contributed by atoms with Crippen molar-refractivity contribution in [2.45, 2.75) is 52.9 Å². The number of hydrogen-bond donors (Lipinski definition) is 0. The second kappa shape index (κ2) is 5.55. The Balaban J connectivity index is 3.18. The lowest BCUT2D eigenvalue weighted by atomic mass is 9.62. The molecule has 18 heavy (non-hydrogen) atoms. The van der Waals surface area contributed by atoms with Crippen LogP contribution < -0.4 is 10.2 Å². The van der Waals surface area contributed by atoms with Crippen LogP contribution in [0.15, 0.2) is 11.1 Å². The second-order valence-corrected chi connectivity index (χ2v) is 5.36. The molecule has 4 nitrogen and oxygen atoms in total. The SMILES string of the molecule is CCCC[C@@]1(C(=O)[O-])CC(C)=C(C)C[C@@H]1C(=O)[O-]. The van der Waals surface area contributed by atoms with Crippen molar-refractivity contribution in [2.75, 3.05) is 0 Å². The number of carbonyl (C=O) groups excluding carboxylic acids is 2. The van der Waals surface area contributed by atoms with Gasteiger partial charge in [-0.2, -0.15) is 0 Å². The van der Waals surface area contributed by atoms with Crippen LogP contribution in [0.25, 0.3) is 0 Å². The molecule has 102 valence electrons. The number of carbonyl (C=O) groups is 2. The molecule has 0 bridgehead atoms. The van der Waals surface area contributed by atoms with Gasteiger partial charge in [0.05, 0.1) is 0 Å². The predicted octanol–water partition coefficient (Wildman–Crippen LogP) is 0.409. The van der Waals surface area contributed by atoms with Crippen LogP contribution in [0.5, 0.6) is 0 Å². The Morgan fingerprint density at radius 2 is 1.89 bits per heavy atom. The molecule has 0 unspecified atom stereocenters. The summed E-state index contributed by atoms with van der Waals surface area (Å²) in [5.41, 5.74) is 0.628.